The van der Waals surface area contributed by atoms with E-state index in [1.807, 2.05) is 18.2 Å². The molecule has 0 saturated carbocycles. The molecule has 0 radical (unpaired) electrons. The van der Waals surface area contributed by atoms with E-state index in [1.54, 1.807) is 12.3 Å². The standard InChI is InChI=1S/C11H6N2O2/c14-9-6-12-10-8(13-9)4-3-7-2-1-5-15-11(7)10/h1-6H. The molecule has 0 spiro atoms. The summed E-state index contributed by atoms with van der Waals surface area (Å²) in [7, 11) is 0. The molecule has 0 amide bonds. The van der Waals surface area contributed by atoms with Gasteiger partial charge in [-0.1, -0.05) is 0 Å². The van der Waals surface area contributed by atoms with Crippen molar-refractivity contribution in [1.82, 2.24) is 9.97 Å². The molecule has 1 aromatic carbocycles. The minimum Gasteiger partial charge on any atom is -0.462 e. The third-order valence-corrected chi connectivity index (χ3v) is 2.22. The number of hydrogen-bond acceptors (Lipinski definition) is 4. The van der Waals surface area contributed by atoms with Crippen LogP contribution in [0.15, 0.2) is 45.9 Å². The lowest BCUT2D eigenvalue weighted by Gasteiger charge is -1.99. The van der Waals surface area contributed by atoms with Gasteiger partial charge in [-0.3, -0.25) is 4.79 Å². The molecule has 3 aromatic rings. The summed E-state index contributed by atoms with van der Waals surface area (Å²) in [5.74, 6) is 0. The van der Waals surface area contributed by atoms with Crippen LogP contribution in [-0.4, -0.2) is 9.97 Å². The van der Waals surface area contributed by atoms with Crippen molar-refractivity contribution in [3.8, 4) is 0 Å². The highest BCUT2D eigenvalue weighted by Crippen LogP contribution is 2.20. The smallest absolute Gasteiger partial charge is 0.288 e. The van der Waals surface area contributed by atoms with Crippen LogP contribution in [0.25, 0.3) is 22.0 Å². The Morgan fingerprint density at radius 2 is 2.13 bits per heavy atom. The third kappa shape index (κ3) is 1.19. The molecule has 0 bridgehead atoms. The summed E-state index contributed by atoms with van der Waals surface area (Å²) in [6.45, 7) is 0. The van der Waals surface area contributed by atoms with Gasteiger partial charge in [-0.25, -0.2) is 9.97 Å². The molecule has 0 fully saturated rings. The topological polar surface area (TPSA) is 56.0 Å². The van der Waals surface area contributed by atoms with Crippen LogP contribution in [-0.2, 0) is 0 Å². The molecule has 0 saturated heterocycles. The Bertz CT molecular complexity index is 703. The van der Waals surface area contributed by atoms with Crippen molar-refractivity contribution in [3.05, 3.63) is 47.1 Å². The maximum Gasteiger partial charge on any atom is 0.288 e. The predicted octanol–water partition coefficient (Wildman–Crippen LogP) is 1.74. The number of nitrogens with zero attached hydrogens (tertiary/aromatic N) is 2. The molecule has 0 aliphatic heterocycles. The van der Waals surface area contributed by atoms with Crippen LogP contribution >= 0.6 is 0 Å². The molecule has 2 aromatic heterocycles. The predicted molar refractivity (Wildman–Crippen MR) is 55.6 cm³/mol. The van der Waals surface area contributed by atoms with Gasteiger partial charge in [0.15, 0.2) is 5.58 Å². The molecule has 0 aliphatic rings. The van der Waals surface area contributed by atoms with Crippen molar-refractivity contribution in [2.75, 3.05) is 0 Å². The number of rotatable bonds is 0. The van der Waals surface area contributed by atoms with Gasteiger partial charge in [0, 0.05) is 5.39 Å². The van der Waals surface area contributed by atoms with Gasteiger partial charge < -0.3 is 4.42 Å². The SMILES string of the molecule is O=c1cnc2c(ccc3cccoc32)n1. The van der Waals surface area contributed by atoms with Gasteiger partial charge in [0.2, 0.25) is 0 Å². The summed E-state index contributed by atoms with van der Waals surface area (Å²) in [4.78, 5) is 18.9. The monoisotopic (exact) mass is 198 g/mol. The molecule has 0 unspecified atom stereocenters. The van der Waals surface area contributed by atoms with Gasteiger partial charge in [0.25, 0.3) is 5.56 Å². The molecule has 0 N–H and O–H groups in total. The van der Waals surface area contributed by atoms with Crippen LogP contribution in [0.2, 0.25) is 0 Å². The quantitative estimate of drug-likeness (QED) is 0.516. The first-order valence-corrected chi connectivity index (χ1v) is 4.48. The van der Waals surface area contributed by atoms with Crippen molar-refractivity contribution >= 4 is 22.0 Å². The largest absolute Gasteiger partial charge is 0.462 e. The van der Waals surface area contributed by atoms with Crippen LogP contribution in [0, 0.1) is 0 Å². The zero-order valence-electron chi connectivity index (χ0n) is 7.68. The first-order chi connectivity index (χ1) is 7.34. The van der Waals surface area contributed by atoms with Crippen LogP contribution in [0.1, 0.15) is 0 Å². The van der Waals surface area contributed by atoms with E-state index in [9.17, 15) is 4.79 Å². The van der Waals surface area contributed by atoms with Crippen molar-refractivity contribution < 1.29 is 4.42 Å². The van der Waals surface area contributed by atoms with E-state index in [0.717, 1.165) is 5.39 Å². The Kier molecular flexibility index (Phi) is 1.56. The Morgan fingerprint density at radius 1 is 1.20 bits per heavy atom. The highest BCUT2D eigenvalue weighted by Gasteiger charge is 2.04. The highest BCUT2D eigenvalue weighted by molar-refractivity contribution is 5.99. The molecule has 0 atom stereocenters. The summed E-state index contributed by atoms with van der Waals surface area (Å²) in [5, 5.41) is 0.943. The van der Waals surface area contributed by atoms with Crippen LogP contribution in [0.4, 0.5) is 0 Å². The van der Waals surface area contributed by atoms with E-state index < -0.39 is 0 Å². The second-order valence-corrected chi connectivity index (χ2v) is 3.17. The fraction of sp³-hybridized carbons (Fsp3) is 0. The number of hydrogen-bond donors (Lipinski definition) is 0. The number of benzene rings is 1. The van der Waals surface area contributed by atoms with Crippen molar-refractivity contribution in [3.63, 3.8) is 0 Å². The maximum absolute atomic E-state index is 11.0. The lowest BCUT2D eigenvalue weighted by Crippen LogP contribution is -2.04. The van der Waals surface area contributed by atoms with Gasteiger partial charge in [-0.05, 0) is 24.3 Å². The summed E-state index contributed by atoms with van der Waals surface area (Å²) >= 11 is 0. The second-order valence-electron chi connectivity index (χ2n) is 3.17. The Labute approximate surface area is 84.2 Å². The molecular formula is C11H6N2O2. The molecule has 0 aliphatic carbocycles. The van der Waals surface area contributed by atoms with Crippen LogP contribution in [0.5, 0.6) is 0 Å². The van der Waals surface area contributed by atoms with Crippen molar-refractivity contribution in [2.24, 2.45) is 0 Å². The summed E-state index contributed by atoms with van der Waals surface area (Å²) < 4.78 is 5.36. The van der Waals surface area contributed by atoms with Gasteiger partial charge >= 0.3 is 0 Å². The summed E-state index contributed by atoms with van der Waals surface area (Å²) in [6.07, 6.45) is 2.78. The first-order valence-electron chi connectivity index (χ1n) is 4.48. The average molecular weight is 198 g/mol. The zero-order chi connectivity index (χ0) is 10.3. The minimum absolute atomic E-state index is 0.335. The fourth-order valence-electron chi connectivity index (χ4n) is 1.56. The summed E-state index contributed by atoms with van der Waals surface area (Å²) in [6, 6.07) is 7.35. The molecule has 4 nitrogen and oxygen atoms in total. The molecule has 2 heterocycles. The van der Waals surface area contributed by atoms with E-state index in [2.05, 4.69) is 9.97 Å². The Morgan fingerprint density at radius 3 is 3.07 bits per heavy atom. The van der Waals surface area contributed by atoms with Crippen molar-refractivity contribution in [1.29, 1.82) is 0 Å². The lowest BCUT2D eigenvalue weighted by atomic mass is 10.2. The van der Waals surface area contributed by atoms with E-state index in [-0.39, 0.29) is 5.56 Å². The third-order valence-electron chi connectivity index (χ3n) is 2.22. The molecule has 4 heteroatoms. The van der Waals surface area contributed by atoms with Gasteiger partial charge in [0.1, 0.15) is 5.52 Å². The summed E-state index contributed by atoms with van der Waals surface area (Å²) in [5.41, 5.74) is 1.50. The molecule has 15 heavy (non-hydrogen) atoms. The lowest BCUT2D eigenvalue weighted by molar-refractivity contribution is 0.606. The maximum atomic E-state index is 11.0. The van der Waals surface area contributed by atoms with E-state index in [4.69, 9.17) is 4.42 Å². The van der Waals surface area contributed by atoms with Gasteiger partial charge in [-0.15, -0.1) is 0 Å². The van der Waals surface area contributed by atoms with Gasteiger partial charge in [-0.2, -0.15) is 0 Å². The highest BCUT2D eigenvalue weighted by atomic mass is 16.3. The van der Waals surface area contributed by atoms with Crippen LogP contribution in [0.3, 0.4) is 0 Å². The van der Waals surface area contributed by atoms with Gasteiger partial charge in [0.05, 0.1) is 18.0 Å². The van der Waals surface area contributed by atoms with E-state index >= 15 is 0 Å². The first kappa shape index (κ1) is 8.11. The molecular weight excluding hydrogens is 192 g/mol. The molecule has 72 valence electrons. The molecule has 3 rings (SSSR count). The Hall–Kier alpha value is -2.23. The second kappa shape index (κ2) is 2.88. The van der Waals surface area contributed by atoms with E-state index in [0.29, 0.717) is 16.6 Å². The number of aromatic nitrogens is 2. The van der Waals surface area contributed by atoms with Crippen LogP contribution < -0.4 is 5.56 Å². The number of fused-ring (bicyclic) bond motifs is 3. The average Bonchev–Trinajstić information content (AvgIpc) is 2.28. The van der Waals surface area contributed by atoms with Crippen molar-refractivity contribution in [2.45, 2.75) is 0 Å². The normalized spacial score (nSPS) is 10.9. The Balaban J connectivity index is 2.60. The van der Waals surface area contributed by atoms with E-state index in [1.165, 1.54) is 6.20 Å². The fourth-order valence-corrected chi connectivity index (χ4v) is 1.56. The minimum atomic E-state index is -0.335. The zero-order valence-corrected chi connectivity index (χ0v) is 7.68.